The third-order valence-electron chi connectivity index (χ3n) is 5.69. The SMILES string of the molecule is CCS(=O)(=O)N(C)[C@@H]1CCCN(Cc2cc(F)cc(NN(C=O)c3ccc(C)nc3)c2)C1. The second-order valence-electron chi connectivity index (χ2n) is 8.04. The summed E-state index contributed by atoms with van der Waals surface area (Å²) in [7, 11) is -1.63. The van der Waals surface area contributed by atoms with Gasteiger partial charge in [0.2, 0.25) is 16.4 Å². The van der Waals surface area contributed by atoms with E-state index in [1.165, 1.54) is 21.4 Å². The summed E-state index contributed by atoms with van der Waals surface area (Å²) < 4.78 is 40.3. The van der Waals surface area contributed by atoms with Gasteiger partial charge in [0.1, 0.15) is 5.82 Å². The highest BCUT2D eigenvalue weighted by Gasteiger charge is 2.29. The van der Waals surface area contributed by atoms with Gasteiger partial charge >= 0.3 is 0 Å². The number of aromatic nitrogens is 1. The Bertz CT molecular complexity index is 1030. The number of carbonyl (C=O) groups excluding carboxylic acids is 1. The molecule has 1 aliphatic heterocycles. The highest BCUT2D eigenvalue weighted by Crippen LogP contribution is 2.22. The number of hydrazine groups is 1. The summed E-state index contributed by atoms with van der Waals surface area (Å²) in [6, 6.07) is 8.00. The van der Waals surface area contributed by atoms with Crippen molar-refractivity contribution in [3.63, 3.8) is 0 Å². The van der Waals surface area contributed by atoms with Crippen LogP contribution >= 0.6 is 0 Å². The predicted molar refractivity (Wildman–Crippen MR) is 123 cm³/mol. The van der Waals surface area contributed by atoms with Gasteiger partial charge in [-0.15, -0.1) is 0 Å². The summed E-state index contributed by atoms with van der Waals surface area (Å²) in [6.45, 7) is 5.37. The van der Waals surface area contributed by atoms with Gasteiger partial charge in [-0.2, -0.15) is 0 Å². The van der Waals surface area contributed by atoms with Crippen LogP contribution in [0, 0.1) is 12.7 Å². The van der Waals surface area contributed by atoms with E-state index < -0.39 is 15.8 Å². The molecule has 0 unspecified atom stereocenters. The summed E-state index contributed by atoms with van der Waals surface area (Å²) in [5.41, 5.74) is 5.45. The molecule has 1 saturated heterocycles. The molecule has 0 aliphatic carbocycles. The van der Waals surface area contributed by atoms with Gasteiger partial charge in [0, 0.05) is 31.9 Å². The van der Waals surface area contributed by atoms with E-state index in [0.29, 0.717) is 30.9 Å². The lowest BCUT2D eigenvalue weighted by Gasteiger charge is -2.37. The molecule has 1 aromatic carbocycles. The van der Waals surface area contributed by atoms with Crippen molar-refractivity contribution < 1.29 is 17.6 Å². The molecular formula is C22H30FN5O3S. The molecule has 0 bridgehead atoms. The van der Waals surface area contributed by atoms with Crippen molar-refractivity contribution >= 4 is 27.8 Å². The third-order valence-corrected chi connectivity index (χ3v) is 7.60. The number of carbonyl (C=O) groups is 1. The molecule has 1 fully saturated rings. The molecule has 8 nitrogen and oxygen atoms in total. The topological polar surface area (TPSA) is 85.9 Å². The fourth-order valence-corrected chi connectivity index (χ4v) is 4.89. The fourth-order valence-electron chi connectivity index (χ4n) is 3.86. The molecule has 0 radical (unpaired) electrons. The van der Waals surface area contributed by atoms with Crippen LogP contribution in [0.1, 0.15) is 31.0 Å². The first-order valence-electron chi connectivity index (χ1n) is 10.6. The quantitative estimate of drug-likeness (QED) is 0.455. The van der Waals surface area contributed by atoms with Crippen molar-refractivity contribution in [2.24, 2.45) is 0 Å². The molecule has 2 heterocycles. The number of likely N-dealkylation sites (N-methyl/N-ethyl adjacent to an activating group) is 1. The van der Waals surface area contributed by atoms with Gasteiger partial charge in [-0.3, -0.25) is 20.1 Å². The standard InChI is InChI=1S/C22H30FN5O3S/c1-4-32(30,31)26(3)22-6-5-9-27(15-22)14-18-10-19(23)12-20(11-18)25-28(16-29)21-8-7-17(2)24-13-21/h7-8,10-13,16,22,25H,4-6,9,14-15H2,1-3H3/t22-/m1/s1. The van der Waals surface area contributed by atoms with Crippen LogP contribution < -0.4 is 10.4 Å². The number of piperidine rings is 1. The van der Waals surface area contributed by atoms with Crippen molar-refractivity contribution in [3.05, 3.63) is 53.6 Å². The van der Waals surface area contributed by atoms with Crippen molar-refractivity contribution in [1.82, 2.24) is 14.2 Å². The van der Waals surface area contributed by atoms with Gasteiger partial charge in [-0.1, -0.05) is 0 Å². The van der Waals surface area contributed by atoms with Gasteiger partial charge in [0.25, 0.3) is 0 Å². The van der Waals surface area contributed by atoms with Gasteiger partial charge in [-0.25, -0.2) is 22.1 Å². The maximum Gasteiger partial charge on any atom is 0.232 e. The van der Waals surface area contributed by atoms with E-state index in [0.717, 1.165) is 30.6 Å². The van der Waals surface area contributed by atoms with Gasteiger partial charge in [0.15, 0.2) is 0 Å². The molecule has 1 amide bonds. The van der Waals surface area contributed by atoms with Crippen LogP contribution in [-0.2, 0) is 21.4 Å². The number of pyridine rings is 1. The minimum absolute atomic E-state index is 0.0721. The molecule has 1 aromatic heterocycles. The molecule has 1 atom stereocenters. The zero-order chi connectivity index (χ0) is 23.3. The number of halogens is 1. The number of sulfonamides is 1. The van der Waals surface area contributed by atoms with Crippen LogP contribution in [0.4, 0.5) is 15.8 Å². The number of hydrogen-bond donors (Lipinski definition) is 1. The lowest BCUT2D eigenvalue weighted by Crippen LogP contribution is -2.48. The minimum Gasteiger partial charge on any atom is -0.297 e. The fraction of sp³-hybridized carbons (Fsp3) is 0.455. The molecule has 0 spiro atoms. The van der Waals surface area contributed by atoms with Crippen molar-refractivity contribution in [2.75, 3.05) is 36.3 Å². The Hall–Kier alpha value is -2.56. The van der Waals surface area contributed by atoms with Crippen LogP contribution in [0.3, 0.4) is 0 Å². The van der Waals surface area contributed by atoms with E-state index >= 15 is 0 Å². The summed E-state index contributed by atoms with van der Waals surface area (Å²) in [4.78, 5) is 17.9. The number of aryl methyl sites for hydroxylation is 1. The first-order chi connectivity index (χ1) is 15.2. The predicted octanol–water partition coefficient (Wildman–Crippen LogP) is 2.76. The normalized spacial score (nSPS) is 17.3. The maximum absolute atomic E-state index is 14.3. The minimum atomic E-state index is -3.26. The molecular weight excluding hydrogens is 433 g/mol. The lowest BCUT2D eigenvalue weighted by molar-refractivity contribution is -0.107. The monoisotopic (exact) mass is 463 g/mol. The largest absolute Gasteiger partial charge is 0.297 e. The Morgan fingerprint density at radius 2 is 2.09 bits per heavy atom. The lowest BCUT2D eigenvalue weighted by atomic mass is 10.0. The van der Waals surface area contributed by atoms with E-state index in [-0.39, 0.29) is 11.8 Å². The highest BCUT2D eigenvalue weighted by molar-refractivity contribution is 7.89. The molecule has 32 heavy (non-hydrogen) atoms. The van der Waals surface area contributed by atoms with Crippen LogP contribution in [0.15, 0.2) is 36.5 Å². The molecule has 1 N–H and O–H groups in total. The number of likely N-dealkylation sites (tertiary alicyclic amines) is 1. The average Bonchev–Trinajstić information content (AvgIpc) is 2.77. The van der Waals surface area contributed by atoms with Crippen molar-refractivity contribution in [3.8, 4) is 0 Å². The van der Waals surface area contributed by atoms with Gasteiger partial charge in [0.05, 0.1) is 23.3 Å². The Balaban J connectivity index is 1.71. The Labute approximate surface area is 189 Å². The number of nitrogens with zero attached hydrogens (tertiary/aromatic N) is 4. The van der Waals surface area contributed by atoms with Crippen molar-refractivity contribution in [1.29, 1.82) is 0 Å². The second-order valence-corrected chi connectivity index (χ2v) is 10.4. The first-order valence-corrected chi connectivity index (χ1v) is 12.2. The third kappa shape index (κ3) is 6.02. The van der Waals surface area contributed by atoms with E-state index in [1.54, 1.807) is 38.4 Å². The van der Waals surface area contributed by atoms with E-state index in [2.05, 4.69) is 15.3 Å². The van der Waals surface area contributed by atoms with Crippen LogP contribution in [0.25, 0.3) is 0 Å². The second kappa shape index (κ2) is 10.4. The Morgan fingerprint density at radius 3 is 2.75 bits per heavy atom. The number of benzene rings is 1. The number of rotatable bonds is 9. The number of anilines is 2. The molecule has 3 rings (SSSR count). The molecule has 1 aliphatic rings. The summed E-state index contributed by atoms with van der Waals surface area (Å²) in [6.07, 6.45) is 3.84. The van der Waals surface area contributed by atoms with E-state index in [4.69, 9.17) is 0 Å². The van der Waals surface area contributed by atoms with E-state index in [1.807, 2.05) is 6.92 Å². The van der Waals surface area contributed by atoms with Gasteiger partial charge in [-0.05, 0) is 69.1 Å². The molecule has 10 heteroatoms. The zero-order valence-electron chi connectivity index (χ0n) is 18.7. The Morgan fingerprint density at radius 1 is 1.31 bits per heavy atom. The number of nitrogens with one attached hydrogen (secondary N) is 1. The molecule has 174 valence electrons. The zero-order valence-corrected chi connectivity index (χ0v) is 19.5. The summed E-state index contributed by atoms with van der Waals surface area (Å²) in [5.74, 6) is -0.347. The number of hydrogen-bond acceptors (Lipinski definition) is 6. The molecule has 0 saturated carbocycles. The maximum atomic E-state index is 14.3. The molecule has 2 aromatic rings. The highest BCUT2D eigenvalue weighted by atomic mass is 32.2. The van der Waals surface area contributed by atoms with E-state index in [9.17, 15) is 17.6 Å². The Kier molecular flexibility index (Phi) is 7.81. The average molecular weight is 464 g/mol. The smallest absolute Gasteiger partial charge is 0.232 e. The van der Waals surface area contributed by atoms with Crippen LogP contribution in [0.5, 0.6) is 0 Å². The first kappa shape index (κ1) is 24.1. The van der Waals surface area contributed by atoms with Crippen molar-refractivity contribution in [2.45, 2.75) is 39.3 Å². The van der Waals surface area contributed by atoms with Gasteiger partial charge < -0.3 is 0 Å². The summed E-state index contributed by atoms with van der Waals surface area (Å²) in [5, 5.41) is 1.24. The van der Waals surface area contributed by atoms with Crippen LogP contribution in [-0.4, -0.2) is 60.9 Å². The summed E-state index contributed by atoms with van der Waals surface area (Å²) >= 11 is 0. The number of amides is 1. The van der Waals surface area contributed by atoms with Crippen LogP contribution in [0.2, 0.25) is 0 Å².